The zero-order chi connectivity index (χ0) is 13.1. The first-order valence-electron chi connectivity index (χ1n) is 5.22. The van der Waals surface area contributed by atoms with Crippen molar-refractivity contribution >= 4 is 29.0 Å². The van der Waals surface area contributed by atoms with E-state index in [0.717, 1.165) is 5.56 Å². The van der Waals surface area contributed by atoms with Crippen LogP contribution in [0.2, 0.25) is 5.15 Å². The molecular formula is C12H11ClN4O. The highest BCUT2D eigenvalue weighted by Gasteiger charge is 2.07. The average molecular weight is 263 g/mol. The van der Waals surface area contributed by atoms with Crippen LogP contribution >= 0.6 is 11.6 Å². The average Bonchev–Trinajstić information content (AvgIpc) is 2.31. The van der Waals surface area contributed by atoms with Crippen LogP contribution in [0, 0.1) is 0 Å². The second kappa shape index (κ2) is 5.01. The fraction of sp³-hybridized carbons (Fsp3) is 0.0833. The van der Waals surface area contributed by atoms with Gasteiger partial charge in [0.1, 0.15) is 5.82 Å². The van der Waals surface area contributed by atoms with Gasteiger partial charge >= 0.3 is 0 Å². The summed E-state index contributed by atoms with van der Waals surface area (Å²) in [6.45, 7) is 1.41. The molecule has 5 nitrogen and oxygen atoms in total. The van der Waals surface area contributed by atoms with E-state index in [0.29, 0.717) is 17.2 Å². The van der Waals surface area contributed by atoms with Crippen LogP contribution in [0.4, 0.5) is 11.5 Å². The van der Waals surface area contributed by atoms with Crippen molar-refractivity contribution in [2.24, 2.45) is 0 Å². The number of nitrogens with one attached hydrogen (secondary N) is 1. The lowest BCUT2D eigenvalue weighted by Crippen LogP contribution is -2.06. The molecule has 6 heteroatoms. The van der Waals surface area contributed by atoms with Crippen LogP contribution in [0.25, 0.3) is 11.3 Å². The number of nitrogens with two attached hydrogens (primary N) is 1. The molecule has 0 saturated carbocycles. The van der Waals surface area contributed by atoms with Gasteiger partial charge in [-0.2, -0.15) is 0 Å². The van der Waals surface area contributed by atoms with Crippen molar-refractivity contribution in [3.63, 3.8) is 0 Å². The monoisotopic (exact) mass is 262 g/mol. The molecule has 18 heavy (non-hydrogen) atoms. The summed E-state index contributed by atoms with van der Waals surface area (Å²) < 4.78 is 0. The lowest BCUT2D eigenvalue weighted by atomic mass is 10.1. The van der Waals surface area contributed by atoms with E-state index in [2.05, 4.69) is 15.3 Å². The van der Waals surface area contributed by atoms with Gasteiger partial charge in [0.25, 0.3) is 0 Å². The summed E-state index contributed by atoms with van der Waals surface area (Å²) in [5.41, 5.74) is 7.57. The van der Waals surface area contributed by atoms with E-state index in [1.807, 2.05) is 0 Å². The molecule has 0 aliphatic heterocycles. The maximum Gasteiger partial charge on any atom is 0.221 e. The summed E-state index contributed by atoms with van der Waals surface area (Å²) in [6.07, 6.45) is 1.60. The van der Waals surface area contributed by atoms with Crippen molar-refractivity contribution in [3.05, 3.63) is 35.6 Å². The second-order valence-corrected chi connectivity index (χ2v) is 4.04. The molecule has 0 saturated heterocycles. The topological polar surface area (TPSA) is 80.9 Å². The predicted molar refractivity (Wildman–Crippen MR) is 71.2 cm³/mol. The number of rotatable bonds is 2. The molecule has 2 aromatic heterocycles. The molecule has 2 heterocycles. The number of aromatic nitrogens is 2. The van der Waals surface area contributed by atoms with Crippen molar-refractivity contribution in [2.45, 2.75) is 6.92 Å². The highest BCUT2D eigenvalue weighted by Crippen LogP contribution is 2.25. The lowest BCUT2D eigenvalue weighted by Gasteiger charge is -2.07. The van der Waals surface area contributed by atoms with Gasteiger partial charge in [-0.25, -0.2) is 9.97 Å². The van der Waals surface area contributed by atoms with Crippen LogP contribution in [-0.4, -0.2) is 15.9 Å². The number of pyridine rings is 2. The van der Waals surface area contributed by atoms with Gasteiger partial charge in [0, 0.05) is 18.7 Å². The molecule has 2 aromatic rings. The van der Waals surface area contributed by atoms with Crippen LogP contribution in [-0.2, 0) is 4.79 Å². The van der Waals surface area contributed by atoms with E-state index in [1.54, 1.807) is 30.5 Å². The van der Waals surface area contributed by atoms with E-state index in [1.165, 1.54) is 6.92 Å². The van der Waals surface area contributed by atoms with Crippen molar-refractivity contribution in [3.8, 4) is 11.3 Å². The number of hydrogen-bond acceptors (Lipinski definition) is 4. The number of halogens is 1. The summed E-state index contributed by atoms with van der Waals surface area (Å²) in [4.78, 5) is 19.1. The number of carbonyl (C=O) groups is 1. The van der Waals surface area contributed by atoms with Crippen LogP contribution in [0.5, 0.6) is 0 Å². The van der Waals surface area contributed by atoms with Crippen LogP contribution < -0.4 is 11.1 Å². The van der Waals surface area contributed by atoms with E-state index < -0.39 is 0 Å². The maximum absolute atomic E-state index is 10.9. The Morgan fingerprint density at radius 1 is 1.39 bits per heavy atom. The Morgan fingerprint density at radius 2 is 2.17 bits per heavy atom. The molecule has 0 bridgehead atoms. The van der Waals surface area contributed by atoms with E-state index in [9.17, 15) is 4.79 Å². The third kappa shape index (κ3) is 2.75. The molecule has 0 aliphatic carbocycles. The number of nitrogen functional groups attached to an aromatic ring is 1. The van der Waals surface area contributed by atoms with Gasteiger partial charge in [0.15, 0.2) is 5.15 Å². The van der Waals surface area contributed by atoms with Crippen LogP contribution in [0.1, 0.15) is 6.92 Å². The van der Waals surface area contributed by atoms with E-state index in [-0.39, 0.29) is 11.1 Å². The number of hydrogen-bond donors (Lipinski definition) is 2. The zero-order valence-electron chi connectivity index (χ0n) is 9.64. The Labute approximate surface area is 109 Å². The van der Waals surface area contributed by atoms with E-state index >= 15 is 0 Å². The summed E-state index contributed by atoms with van der Waals surface area (Å²) in [6, 6.07) is 6.94. The molecule has 2 rings (SSSR count). The largest absolute Gasteiger partial charge is 0.384 e. The molecule has 0 aliphatic rings. The first-order valence-corrected chi connectivity index (χ1v) is 5.60. The summed E-state index contributed by atoms with van der Waals surface area (Å²) in [5.74, 6) is 0.218. The Hall–Kier alpha value is -2.14. The third-order valence-corrected chi connectivity index (χ3v) is 2.52. The quantitative estimate of drug-likeness (QED) is 0.814. The normalized spacial score (nSPS) is 10.1. The fourth-order valence-corrected chi connectivity index (χ4v) is 1.69. The van der Waals surface area contributed by atoms with Gasteiger partial charge in [-0.1, -0.05) is 11.6 Å². The fourth-order valence-electron chi connectivity index (χ4n) is 1.49. The molecule has 0 atom stereocenters. The van der Waals surface area contributed by atoms with Crippen molar-refractivity contribution < 1.29 is 4.79 Å². The van der Waals surface area contributed by atoms with Crippen molar-refractivity contribution in [1.29, 1.82) is 0 Å². The van der Waals surface area contributed by atoms with E-state index in [4.69, 9.17) is 17.3 Å². The highest BCUT2D eigenvalue weighted by atomic mass is 35.5. The third-order valence-electron chi connectivity index (χ3n) is 2.24. The number of carbonyl (C=O) groups excluding carboxylic acids is 1. The summed E-state index contributed by atoms with van der Waals surface area (Å²) in [5, 5.41) is 2.83. The minimum Gasteiger partial charge on any atom is -0.384 e. The minimum absolute atomic E-state index is 0.195. The smallest absolute Gasteiger partial charge is 0.221 e. The molecule has 0 unspecified atom stereocenters. The second-order valence-electron chi connectivity index (χ2n) is 3.69. The predicted octanol–water partition coefficient (Wildman–Crippen LogP) is 2.34. The first-order chi connectivity index (χ1) is 8.56. The Kier molecular flexibility index (Phi) is 3.43. The van der Waals surface area contributed by atoms with Gasteiger partial charge in [-0.15, -0.1) is 0 Å². The SMILES string of the molecule is CC(=O)Nc1ccc(-c2ccnc(N)c2)nc1Cl. The number of nitrogens with zero attached hydrogens (tertiary/aromatic N) is 2. The molecule has 0 fully saturated rings. The first kappa shape index (κ1) is 12.3. The van der Waals surface area contributed by atoms with Gasteiger partial charge < -0.3 is 11.1 Å². The number of amides is 1. The standard InChI is InChI=1S/C12H11ClN4O/c1-7(18)16-10-3-2-9(17-12(10)13)8-4-5-15-11(14)6-8/h2-6H,1H3,(H2,14,15)(H,16,18). The molecular weight excluding hydrogens is 252 g/mol. The number of anilines is 2. The molecule has 0 radical (unpaired) electrons. The van der Waals surface area contributed by atoms with Crippen molar-refractivity contribution in [2.75, 3.05) is 11.1 Å². The molecule has 92 valence electrons. The van der Waals surface area contributed by atoms with Crippen LogP contribution in [0.3, 0.4) is 0 Å². The van der Waals surface area contributed by atoms with Gasteiger partial charge in [0.2, 0.25) is 5.91 Å². The Bertz CT molecular complexity index is 600. The molecule has 0 spiro atoms. The Morgan fingerprint density at radius 3 is 2.78 bits per heavy atom. The Balaban J connectivity index is 2.37. The highest BCUT2D eigenvalue weighted by molar-refractivity contribution is 6.32. The summed E-state index contributed by atoms with van der Waals surface area (Å²) >= 11 is 5.99. The molecule has 0 aromatic carbocycles. The maximum atomic E-state index is 10.9. The molecule has 1 amide bonds. The lowest BCUT2D eigenvalue weighted by molar-refractivity contribution is -0.114. The summed E-state index contributed by atoms with van der Waals surface area (Å²) in [7, 11) is 0. The van der Waals surface area contributed by atoms with Gasteiger partial charge in [0.05, 0.1) is 11.4 Å². The van der Waals surface area contributed by atoms with Gasteiger partial charge in [-0.3, -0.25) is 4.79 Å². The molecule has 3 N–H and O–H groups in total. The minimum atomic E-state index is -0.195. The zero-order valence-corrected chi connectivity index (χ0v) is 10.4. The van der Waals surface area contributed by atoms with Crippen LogP contribution in [0.15, 0.2) is 30.5 Å². The van der Waals surface area contributed by atoms with Crippen molar-refractivity contribution in [1.82, 2.24) is 9.97 Å². The van der Waals surface area contributed by atoms with Gasteiger partial charge in [-0.05, 0) is 24.3 Å².